The van der Waals surface area contributed by atoms with E-state index in [1.54, 1.807) is 7.11 Å². The van der Waals surface area contributed by atoms with Crippen LogP contribution in [0.25, 0.3) is 0 Å². The van der Waals surface area contributed by atoms with Crippen molar-refractivity contribution in [3.05, 3.63) is 16.1 Å². The van der Waals surface area contributed by atoms with E-state index in [-0.39, 0.29) is 6.04 Å². The number of nitrogens with one attached hydrogen (secondary N) is 1. The zero-order chi connectivity index (χ0) is 13.9. The average Bonchev–Trinajstić information content (AvgIpc) is 2.71. The van der Waals surface area contributed by atoms with Gasteiger partial charge in [0, 0.05) is 18.5 Å². The molecule has 110 valence electrons. The zero-order valence-corrected chi connectivity index (χ0v) is 13.3. The van der Waals surface area contributed by atoms with Gasteiger partial charge < -0.3 is 19.5 Å². The minimum Gasteiger partial charge on any atom is -0.495 e. The summed E-state index contributed by atoms with van der Waals surface area (Å²) in [6, 6.07) is 2.22. The molecule has 20 heavy (non-hydrogen) atoms. The van der Waals surface area contributed by atoms with Gasteiger partial charge in [0.05, 0.1) is 30.4 Å². The van der Waals surface area contributed by atoms with Gasteiger partial charge in [-0.3, -0.25) is 0 Å². The number of fused-ring (bicyclic) bond motifs is 1. The van der Waals surface area contributed by atoms with Crippen LogP contribution in [0.4, 0.5) is 0 Å². The lowest BCUT2D eigenvalue weighted by Gasteiger charge is -2.28. The Morgan fingerprint density at radius 2 is 2.10 bits per heavy atom. The molecular formula is C15H20BrNO3. The Morgan fingerprint density at radius 3 is 2.85 bits per heavy atom. The zero-order valence-electron chi connectivity index (χ0n) is 11.7. The van der Waals surface area contributed by atoms with E-state index in [4.69, 9.17) is 14.2 Å². The molecule has 0 spiro atoms. The summed E-state index contributed by atoms with van der Waals surface area (Å²) in [6.45, 7) is 2.43. The molecule has 2 aliphatic rings. The Balaban J connectivity index is 2.09. The summed E-state index contributed by atoms with van der Waals surface area (Å²) >= 11 is 3.59. The molecule has 0 saturated carbocycles. The lowest BCUT2D eigenvalue weighted by Crippen LogP contribution is -2.27. The highest BCUT2D eigenvalue weighted by atomic mass is 79.9. The molecule has 0 radical (unpaired) electrons. The van der Waals surface area contributed by atoms with E-state index >= 15 is 0 Å². The number of benzene rings is 1. The summed E-state index contributed by atoms with van der Waals surface area (Å²) in [4.78, 5) is 0. The predicted molar refractivity (Wildman–Crippen MR) is 80.9 cm³/mol. The van der Waals surface area contributed by atoms with Gasteiger partial charge >= 0.3 is 0 Å². The van der Waals surface area contributed by atoms with Gasteiger partial charge in [0.15, 0.2) is 11.5 Å². The average molecular weight is 342 g/mol. The number of hydrogen-bond donors (Lipinski definition) is 1. The highest BCUT2D eigenvalue weighted by molar-refractivity contribution is 9.10. The molecule has 3 rings (SSSR count). The Kier molecular flexibility index (Phi) is 4.36. The van der Waals surface area contributed by atoms with Crippen molar-refractivity contribution in [3.63, 3.8) is 0 Å². The molecule has 1 atom stereocenters. The third kappa shape index (κ3) is 2.61. The fraction of sp³-hybridized carbons (Fsp3) is 0.600. The predicted octanol–water partition coefficient (Wildman–Crippen LogP) is 3.43. The first-order valence-corrected chi connectivity index (χ1v) is 8.00. The van der Waals surface area contributed by atoms with Gasteiger partial charge in [0.1, 0.15) is 5.75 Å². The highest BCUT2D eigenvalue weighted by Gasteiger charge is 2.28. The monoisotopic (exact) mass is 341 g/mol. The van der Waals surface area contributed by atoms with Crippen LogP contribution in [0, 0.1) is 0 Å². The van der Waals surface area contributed by atoms with Gasteiger partial charge in [-0.2, -0.15) is 0 Å². The van der Waals surface area contributed by atoms with Crippen LogP contribution in [0.2, 0.25) is 0 Å². The summed E-state index contributed by atoms with van der Waals surface area (Å²) in [6.07, 6.45) is 4.46. The maximum Gasteiger partial charge on any atom is 0.169 e. The molecule has 2 heterocycles. The number of methoxy groups -OCH3 is 1. The Labute approximate surface area is 127 Å². The maximum absolute atomic E-state index is 5.96. The summed E-state index contributed by atoms with van der Waals surface area (Å²) in [7, 11) is 1.70. The molecule has 1 N–H and O–H groups in total. The van der Waals surface area contributed by atoms with Gasteiger partial charge in [0.25, 0.3) is 0 Å². The van der Waals surface area contributed by atoms with Gasteiger partial charge in [-0.05, 0) is 35.3 Å². The van der Waals surface area contributed by atoms with E-state index in [9.17, 15) is 0 Å². The van der Waals surface area contributed by atoms with Crippen molar-refractivity contribution < 1.29 is 14.2 Å². The van der Waals surface area contributed by atoms with Crippen LogP contribution in [0.5, 0.6) is 17.2 Å². The summed E-state index contributed by atoms with van der Waals surface area (Å²) in [5, 5.41) is 3.57. The number of ether oxygens (including phenoxy) is 3. The minimum absolute atomic E-state index is 0.270. The molecular weight excluding hydrogens is 322 g/mol. The van der Waals surface area contributed by atoms with Crippen molar-refractivity contribution in [1.82, 2.24) is 5.32 Å². The molecule has 1 fully saturated rings. The van der Waals surface area contributed by atoms with Gasteiger partial charge in [0.2, 0.25) is 0 Å². The fourth-order valence-corrected chi connectivity index (χ4v) is 3.49. The van der Waals surface area contributed by atoms with Crippen LogP contribution in [0.15, 0.2) is 10.5 Å². The van der Waals surface area contributed by atoms with E-state index in [1.165, 1.54) is 12.8 Å². The van der Waals surface area contributed by atoms with E-state index in [2.05, 4.69) is 21.2 Å². The number of piperidine rings is 1. The summed E-state index contributed by atoms with van der Waals surface area (Å²) in [5.41, 5.74) is 1.10. The normalized spacial score (nSPS) is 22.2. The third-order valence-electron chi connectivity index (χ3n) is 3.84. The lowest BCUT2D eigenvalue weighted by molar-refractivity contribution is 0.292. The van der Waals surface area contributed by atoms with Gasteiger partial charge in [-0.25, -0.2) is 0 Å². The van der Waals surface area contributed by atoms with Gasteiger partial charge in [-0.1, -0.05) is 6.42 Å². The summed E-state index contributed by atoms with van der Waals surface area (Å²) in [5.74, 6) is 2.52. The molecule has 2 aliphatic heterocycles. The van der Waals surface area contributed by atoms with Crippen molar-refractivity contribution in [1.29, 1.82) is 0 Å². The number of halogens is 1. The largest absolute Gasteiger partial charge is 0.495 e. The fourth-order valence-electron chi connectivity index (χ4n) is 2.90. The van der Waals surface area contributed by atoms with Crippen LogP contribution in [0.3, 0.4) is 0 Å². The van der Waals surface area contributed by atoms with E-state index in [0.717, 1.165) is 46.7 Å². The first-order chi connectivity index (χ1) is 9.81. The molecule has 4 nitrogen and oxygen atoms in total. The quantitative estimate of drug-likeness (QED) is 0.894. The van der Waals surface area contributed by atoms with Crippen LogP contribution in [0.1, 0.15) is 37.3 Å². The van der Waals surface area contributed by atoms with Crippen LogP contribution in [-0.2, 0) is 0 Å². The molecule has 1 aromatic carbocycles. The summed E-state index contributed by atoms with van der Waals surface area (Å²) < 4.78 is 18.3. The molecule has 0 aromatic heterocycles. The maximum atomic E-state index is 5.96. The smallest absolute Gasteiger partial charge is 0.169 e. The van der Waals surface area contributed by atoms with Crippen LogP contribution >= 0.6 is 15.9 Å². The molecule has 5 heteroatoms. The Hall–Kier alpha value is -0.940. The molecule has 0 aliphatic carbocycles. The van der Waals surface area contributed by atoms with Crippen molar-refractivity contribution in [2.45, 2.75) is 31.7 Å². The standard InChI is InChI=1S/C15H20BrNO3/c1-18-14-10(16)9-12-15(20-8-4-7-19-12)13(14)11-5-2-3-6-17-11/h9,11,17H,2-8H2,1H3. The minimum atomic E-state index is 0.270. The second kappa shape index (κ2) is 6.22. The molecule has 0 amide bonds. The van der Waals surface area contributed by atoms with E-state index < -0.39 is 0 Å². The van der Waals surface area contributed by atoms with Crippen molar-refractivity contribution in [2.24, 2.45) is 0 Å². The first kappa shape index (κ1) is 14.0. The molecule has 1 saturated heterocycles. The van der Waals surface area contributed by atoms with Crippen LogP contribution in [-0.4, -0.2) is 26.9 Å². The Bertz CT molecular complexity index is 486. The third-order valence-corrected chi connectivity index (χ3v) is 4.43. The van der Waals surface area contributed by atoms with Crippen molar-refractivity contribution in [3.8, 4) is 17.2 Å². The topological polar surface area (TPSA) is 39.7 Å². The van der Waals surface area contributed by atoms with Crippen molar-refractivity contribution >= 4 is 15.9 Å². The molecule has 1 unspecified atom stereocenters. The van der Waals surface area contributed by atoms with Crippen LogP contribution < -0.4 is 19.5 Å². The number of hydrogen-bond acceptors (Lipinski definition) is 4. The second-order valence-corrected chi connectivity index (χ2v) is 6.04. The second-order valence-electron chi connectivity index (χ2n) is 5.19. The van der Waals surface area contributed by atoms with E-state index in [0.29, 0.717) is 13.2 Å². The lowest BCUT2D eigenvalue weighted by atomic mass is 9.95. The van der Waals surface area contributed by atoms with Gasteiger partial charge in [-0.15, -0.1) is 0 Å². The molecule has 0 bridgehead atoms. The molecule has 1 aromatic rings. The first-order valence-electron chi connectivity index (χ1n) is 7.20. The van der Waals surface area contributed by atoms with E-state index in [1.807, 2.05) is 6.07 Å². The van der Waals surface area contributed by atoms with Crippen molar-refractivity contribution in [2.75, 3.05) is 26.9 Å². The Morgan fingerprint density at radius 1 is 1.25 bits per heavy atom. The SMILES string of the molecule is COc1c(Br)cc2c(c1C1CCCCN1)OCCCO2. The highest BCUT2D eigenvalue weighted by Crippen LogP contribution is 2.48. The number of rotatable bonds is 2.